The first-order chi connectivity index (χ1) is 30.2. The highest BCUT2D eigenvalue weighted by molar-refractivity contribution is 6.20. The molecule has 4 nitrogen and oxygen atoms in total. The number of rotatable bonds is 6. The lowest BCUT2D eigenvalue weighted by molar-refractivity contribution is 1.07. The second kappa shape index (κ2) is 14.3. The number of benzene rings is 10. The quantitative estimate of drug-likeness (QED) is 0.125. The molecule has 0 aliphatic carbocycles. The lowest BCUT2D eigenvalue weighted by atomic mass is 9.89. The zero-order valence-electron chi connectivity index (χ0n) is 33.1. The maximum Gasteiger partial charge on any atom is 0.166 e. The predicted octanol–water partition coefficient (Wildman–Crippen LogP) is 14.8. The zero-order chi connectivity index (χ0) is 40.3. The largest absolute Gasteiger partial charge is 0.309 e. The third-order valence-electron chi connectivity index (χ3n) is 12.0. The van der Waals surface area contributed by atoms with Crippen molar-refractivity contribution < 1.29 is 0 Å². The van der Waals surface area contributed by atoms with Gasteiger partial charge < -0.3 is 4.57 Å². The van der Waals surface area contributed by atoms with Gasteiger partial charge in [0, 0.05) is 33.2 Å². The van der Waals surface area contributed by atoms with E-state index in [-0.39, 0.29) is 0 Å². The first-order valence-electron chi connectivity index (χ1n) is 20.7. The van der Waals surface area contributed by atoms with Gasteiger partial charge in [0.25, 0.3) is 0 Å². The van der Waals surface area contributed by atoms with Gasteiger partial charge in [-0.3, -0.25) is 0 Å². The Morgan fingerprint density at radius 3 is 1.70 bits per heavy atom. The van der Waals surface area contributed by atoms with Gasteiger partial charge in [-0.2, -0.15) is 0 Å². The molecular formula is C57H36N4. The van der Waals surface area contributed by atoms with Gasteiger partial charge in [0.15, 0.2) is 17.5 Å². The van der Waals surface area contributed by atoms with Crippen LogP contribution in [0.5, 0.6) is 0 Å². The van der Waals surface area contributed by atoms with Crippen LogP contribution >= 0.6 is 0 Å². The van der Waals surface area contributed by atoms with Crippen LogP contribution in [-0.4, -0.2) is 19.5 Å². The summed E-state index contributed by atoms with van der Waals surface area (Å²) in [6, 6.07) is 77.5. The van der Waals surface area contributed by atoms with E-state index in [1.54, 1.807) is 0 Å². The van der Waals surface area contributed by atoms with Gasteiger partial charge in [0.2, 0.25) is 0 Å². The lowest BCUT2D eigenvalue weighted by Crippen LogP contribution is -2.02. The number of hydrogen-bond acceptors (Lipinski definition) is 3. The van der Waals surface area contributed by atoms with Crippen molar-refractivity contribution in [1.29, 1.82) is 0 Å². The molecule has 61 heavy (non-hydrogen) atoms. The molecule has 0 fully saturated rings. The van der Waals surface area contributed by atoms with Gasteiger partial charge in [0.1, 0.15) is 0 Å². The summed E-state index contributed by atoms with van der Waals surface area (Å²) in [5, 5.41) is 9.75. The van der Waals surface area contributed by atoms with Crippen LogP contribution in [0, 0.1) is 0 Å². The normalized spacial score (nSPS) is 11.6. The summed E-state index contributed by atoms with van der Waals surface area (Å²) in [6.45, 7) is 0. The molecule has 0 atom stereocenters. The molecule has 12 aromatic rings. The van der Waals surface area contributed by atoms with Crippen molar-refractivity contribution in [3.63, 3.8) is 0 Å². The molecule has 2 heterocycles. The van der Waals surface area contributed by atoms with Crippen molar-refractivity contribution in [3.8, 4) is 62.1 Å². The van der Waals surface area contributed by atoms with E-state index < -0.39 is 0 Å². The van der Waals surface area contributed by atoms with E-state index in [4.69, 9.17) is 15.0 Å². The second-order valence-electron chi connectivity index (χ2n) is 15.6. The van der Waals surface area contributed by atoms with Crippen LogP contribution < -0.4 is 0 Å². The zero-order valence-corrected chi connectivity index (χ0v) is 33.1. The molecule has 0 unspecified atom stereocenters. The average molecular weight is 777 g/mol. The fourth-order valence-electron chi connectivity index (χ4n) is 9.18. The minimum Gasteiger partial charge on any atom is -0.309 e. The maximum atomic E-state index is 5.34. The molecule has 0 radical (unpaired) electrons. The molecule has 0 saturated heterocycles. The number of nitrogens with zero attached hydrogens (tertiary/aromatic N) is 4. The van der Waals surface area contributed by atoms with Crippen molar-refractivity contribution in [2.24, 2.45) is 0 Å². The van der Waals surface area contributed by atoms with Crippen LogP contribution in [0.3, 0.4) is 0 Å². The molecule has 0 saturated carbocycles. The molecule has 0 bridgehead atoms. The maximum absolute atomic E-state index is 5.34. The molecule has 284 valence electrons. The SMILES string of the molecule is c1ccc(-c2cccc(-c3nc(-c4ccc(-c5c6ccccc6cc6c5ccc5ccccc56)cc4)nc(-c4cccc5c6ccccc6n(-c6ccccc6)c45)n3)c2)cc1. The predicted molar refractivity (Wildman–Crippen MR) is 254 cm³/mol. The van der Waals surface area contributed by atoms with Crippen LogP contribution in [0.4, 0.5) is 0 Å². The lowest BCUT2D eigenvalue weighted by Gasteiger charge is -2.15. The van der Waals surface area contributed by atoms with Gasteiger partial charge in [-0.1, -0.05) is 182 Å². The Morgan fingerprint density at radius 1 is 0.295 bits per heavy atom. The fraction of sp³-hybridized carbons (Fsp3) is 0. The summed E-state index contributed by atoms with van der Waals surface area (Å²) in [7, 11) is 0. The van der Waals surface area contributed by atoms with Crippen molar-refractivity contribution in [1.82, 2.24) is 19.5 Å². The van der Waals surface area contributed by atoms with E-state index in [2.05, 4.69) is 217 Å². The number of hydrogen-bond donors (Lipinski definition) is 0. The summed E-state index contributed by atoms with van der Waals surface area (Å²) in [5.74, 6) is 1.85. The van der Waals surface area contributed by atoms with Crippen LogP contribution in [0.1, 0.15) is 0 Å². The third-order valence-corrected chi connectivity index (χ3v) is 12.0. The van der Waals surface area contributed by atoms with E-state index in [9.17, 15) is 0 Å². The van der Waals surface area contributed by atoms with Crippen LogP contribution in [0.2, 0.25) is 0 Å². The summed E-state index contributed by atoms with van der Waals surface area (Å²) in [5.41, 5.74) is 10.7. The highest BCUT2D eigenvalue weighted by atomic mass is 15.0. The molecule has 0 amide bonds. The molecule has 0 aliphatic heterocycles. The number of para-hydroxylation sites is 3. The van der Waals surface area contributed by atoms with E-state index in [1.165, 1.54) is 43.3 Å². The average Bonchev–Trinajstić information content (AvgIpc) is 3.68. The van der Waals surface area contributed by atoms with Gasteiger partial charge in [-0.05, 0) is 91.0 Å². The fourth-order valence-corrected chi connectivity index (χ4v) is 9.18. The first kappa shape index (κ1) is 34.8. The van der Waals surface area contributed by atoms with E-state index in [0.29, 0.717) is 17.5 Å². The Bertz CT molecular complexity index is 3630. The summed E-state index contributed by atoms with van der Waals surface area (Å²) in [6.07, 6.45) is 0. The topological polar surface area (TPSA) is 43.6 Å². The smallest absolute Gasteiger partial charge is 0.166 e. The Kier molecular flexibility index (Phi) is 8.13. The molecule has 12 rings (SSSR count). The molecular weight excluding hydrogens is 741 g/mol. The van der Waals surface area contributed by atoms with Crippen molar-refractivity contribution in [2.75, 3.05) is 0 Å². The molecule has 0 spiro atoms. The minimum atomic E-state index is 0.616. The Hall–Kier alpha value is -8.21. The van der Waals surface area contributed by atoms with Crippen LogP contribution in [0.15, 0.2) is 218 Å². The van der Waals surface area contributed by atoms with Gasteiger partial charge in [-0.15, -0.1) is 0 Å². The molecule has 10 aromatic carbocycles. The highest BCUT2D eigenvalue weighted by Crippen LogP contribution is 2.41. The highest BCUT2D eigenvalue weighted by Gasteiger charge is 2.21. The van der Waals surface area contributed by atoms with E-state index in [0.717, 1.165) is 55.5 Å². The number of fused-ring (bicyclic) bond motifs is 7. The molecule has 0 N–H and O–H groups in total. The van der Waals surface area contributed by atoms with Gasteiger partial charge in [-0.25, -0.2) is 15.0 Å². The summed E-state index contributed by atoms with van der Waals surface area (Å²) in [4.78, 5) is 15.9. The Labute approximate surface area is 352 Å². The van der Waals surface area contributed by atoms with Crippen molar-refractivity contribution in [2.45, 2.75) is 0 Å². The van der Waals surface area contributed by atoms with Gasteiger partial charge >= 0.3 is 0 Å². The first-order valence-corrected chi connectivity index (χ1v) is 20.7. The van der Waals surface area contributed by atoms with E-state index >= 15 is 0 Å². The van der Waals surface area contributed by atoms with Crippen LogP contribution in [0.25, 0.3) is 116 Å². The van der Waals surface area contributed by atoms with E-state index in [1.807, 2.05) is 6.07 Å². The van der Waals surface area contributed by atoms with Crippen LogP contribution in [-0.2, 0) is 0 Å². The molecule has 0 aliphatic rings. The summed E-state index contributed by atoms with van der Waals surface area (Å²) < 4.78 is 2.34. The summed E-state index contributed by atoms with van der Waals surface area (Å²) >= 11 is 0. The Morgan fingerprint density at radius 2 is 0.885 bits per heavy atom. The van der Waals surface area contributed by atoms with Gasteiger partial charge in [0.05, 0.1) is 11.0 Å². The second-order valence-corrected chi connectivity index (χ2v) is 15.6. The molecule has 2 aromatic heterocycles. The third kappa shape index (κ3) is 5.88. The van der Waals surface area contributed by atoms with Crippen molar-refractivity contribution >= 4 is 54.1 Å². The standard InChI is InChI=1S/C57H36N4/c1-3-15-37(16-4-1)41-19-13-20-43(35-41)56-58-55(59-57(60-56)50-27-14-26-49-47-25-11-12-28-52(47)61(54(49)50)44-21-5-2-6-22-44)40-31-29-39(30-32-40)53-46-24-10-8-18-42(46)36-51-45-23-9-7-17-38(45)33-34-48(51)53/h1-36H. The molecule has 4 heteroatoms. The monoisotopic (exact) mass is 776 g/mol. The number of aromatic nitrogens is 4. The van der Waals surface area contributed by atoms with Crippen molar-refractivity contribution in [3.05, 3.63) is 218 Å². The Balaban J connectivity index is 1.07. The minimum absolute atomic E-state index is 0.616.